The highest BCUT2D eigenvalue weighted by atomic mass is 16.5. The number of carboxylic acid groups (broad SMARTS) is 1. The molecule has 0 aliphatic rings. The zero-order chi connectivity index (χ0) is 25.7. The Bertz CT molecular complexity index is 1470. The van der Waals surface area contributed by atoms with Crippen LogP contribution in [0.3, 0.4) is 0 Å². The predicted molar refractivity (Wildman–Crippen MR) is 135 cm³/mol. The van der Waals surface area contributed by atoms with E-state index in [0.29, 0.717) is 41.7 Å². The average molecular weight is 491 g/mol. The van der Waals surface area contributed by atoms with Gasteiger partial charge in [0.1, 0.15) is 23.9 Å². The molecule has 0 aliphatic carbocycles. The molecule has 4 aromatic rings. The first-order valence-electron chi connectivity index (χ1n) is 11.3. The summed E-state index contributed by atoms with van der Waals surface area (Å²) in [5.41, 5.74) is 2.90. The molecule has 0 aliphatic heterocycles. The lowest BCUT2D eigenvalue weighted by Gasteiger charge is -2.15. The van der Waals surface area contributed by atoms with Crippen molar-refractivity contribution >= 4 is 23.2 Å². The van der Waals surface area contributed by atoms with Crippen molar-refractivity contribution in [2.45, 2.75) is 6.92 Å². The maximum absolute atomic E-state index is 12.4. The van der Waals surface area contributed by atoms with Crippen molar-refractivity contribution in [3.8, 4) is 34.0 Å². The largest absolute Gasteiger partial charge is 0.493 e. The van der Waals surface area contributed by atoms with Crippen LogP contribution in [0, 0.1) is 0 Å². The first-order chi connectivity index (χ1) is 17.4. The summed E-state index contributed by atoms with van der Waals surface area (Å²) in [5, 5.41) is 19.1. The molecule has 2 aromatic heterocycles. The van der Waals surface area contributed by atoms with Crippen molar-refractivity contribution in [1.29, 1.82) is 0 Å². The van der Waals surface area contributed by atoms with E-state index in [1.54, 1.807) is 0 Å². The van der Waals surface area contributed by atoms with Gasteiger partial charge in [0.05, 0.1) is 12.2 Å². The summed E-state index contributed by atoms with van der Waals surface area (Å²) < 4.78 is 11.8. The number of carbonyl (C=O) groups is 1. The summed E-state index contributed by atoms with van der Waals surface area (Å²) in [4.78, 5) is 32.6. The van der Waals surface area contributed by atoms with Gasteiger partial charge in [-0.25, -0.2) is 14.9 Å². The van der Waals surface area contributed by atoms with Crippen molar-refractivity contribution in [2.75, 3.05) is 33.9 Å². The summed E-state index contributed by atoms with van der Waals surface area (Å²) in [5.74, 6) is 0.388. The minimum absolute atomic E-state index is 0.128. The number of likely N-dealkylation sites (N-methyl/N-ethyl adjacent to an activating group) is 1. The molecule has 0 saturated heterocycles. The van der Waals surface area contributed by atoms with Crippen LogP contribution < -0.4 is 15.0 Å². The fraction of sp³-hybridized carbons (Fsp3) is 0.240. The summed E-state index contributed by atoms with van der Waals surface area (Å²) in [6, 6.07) is 11.1. The molecule has 0 fully saturated rings. The molecule has 0 atom stereocenters. The first-order valence-corrected chi connectivity index (χ1v) is 11.3. The predicted octanol–water partition coefficient (Wildman–Crippen LogP) is 2.81. The van der Waals surface area contributed by atoms with E-state index >= 15 is 0 Å². The molecule has 0 spiro atoms. The quantitative estimate of drug-likeness (QED) is 0.286. The van der Waals surface area contributed by atoms with Crippen LogP contribution in [-0.4, -0.2) is 75.2 Å². The Kier molecular flexibility index (Phi) is 7.40. The number of nitrogens with zero attached hydrogens (tertiary/aromatic N) is 4. The van der Waals surface area contributed by atoms with E-state index in [1.807, 2.05) is 62.3 Å². The van der Waals surface area contributed by atoms with E-state index in [2.05, 4.69) is 25.4 Å². The first kappa shape index (κ1) is 24.6. The summed E-state index contributed by atoms with van der Waals surface area (Å²) in [6.07, 6.45) is 2.59. The highest BCUT2D eigenvalue weighted by Gasteiger charge is 2.15. The Morgan fingerprint density at radius 2 is 1.89 bits per heavy atom. The van der Waals surface area contributed by atoms with E-state index in [-0.39, 0.29) is 11.2 Å². The van der Waals surface area contributed by atoms with Gasteiger partial charge in [0.15, 0.2) is 11.2 Å². The maximum Gasteiger partial charge on any atom is 0.328 e. The van der Waals surface area contributed by atoms with Gasteiger partial charge >= 0.3 is 5.97 Å². The molecule has 2 aromatic carbocycles. The number of rotatable bonds is 10. The molecule has 11 nitrogen and oxygen atoms in total. The maximum atomic E-state index is 12.4. The monoisotopic (exact) mass is 490 g/mol. The highest BCUT2D eigenvalue weighted by Crippen LogP contribution is 2.34. The number of aromatic nitrogens is 5. The Morgan fingerprint density at radius 3 is 2.64 bits per heavy atom. The second-order valence-corrected chi connectivity index (χ2v) is 8.14. The van der Waals surface area contributed by atoms with Crippen LogP contribution in [0.15, 0.2) is 47.3 Å². The van der Waals surface area contributed by atoms with Crippen molar-refractivity contribution in [3.05, 3.63) is 58.4 Å². The lowest BCUT2D eigenvalue weighted by molar-refractivity contribution is -0.131. The second kappa shape index (κ2) is 10.8. The molecule has 3 N–H and O–H groups in total. The number of benzene rings is 2. The van der Waals surface area contributed by atoms with Gasteiger partial charge < -0.3 is 24.5 Å². The molecule has 0 amide bonds. The second-order valence-electron chi connectivity index (χ2n) is 8.14. The Morgan fingerprint density at radius 1 is 1.11 bits per heavy atom. The number of carboxylic acids is 1. The highest BCUT2D eigenvalue weighted by molar-refractivity contribution is 5.86. The van der Waals surface area contributed by atoms with E-state index in [4.69, 9.17) is 14.6 Å². The number of H-pyrrole nitrogens is 2. The van der Waals surface area contributed by atoms with Crippen molar-refractivity contribution < 1.29 is 19.4 Å². The Balaban J connectivity index is 1.73. The molecule has 0 bridgehead atoms. The lowest BCUT2D eigenvalue weighted by Crippen LogP contribution is -2.19. The number of hydrogen-bond acceptors (Lipinski definition) is 8. The van der Waals surface area contributed by atoms with Gasteiger partial charge in [-0.05, 0) is 62.5 Å². The minimum atomic E-state index is -1.05. The molecule has 11 heteroatoms. The van der Waals surface area contributed by atoms with Gasteiger partial charge in [-0.2, -0.15) is 0 Å². The molecule has 0 radical (unpaired) electrons. The van der Waals surface area contributed by atoms with Crippen LogP contribution in [-0.2, 0) is 4.79 Å². The summed E-state index contributed by atoms with van der Waals surface area (Å²) >= 11 is 0. The van der Waals surface area contributed by atoms with E-state index in [1.165, 1.54) is 6.08 Å². The number of hydrogen-bond donors (Lipinski definition) is 3. The van der Waals surface area contributed by atoms with Crippen LogP contribution in [0.5, 0.6) is 11.5 Å². The number of aromatic amines is 2. The molecule has 186 valence electrons. The molecular weight excluding hydrogens is 464 g/mol. The van der Waals surface area contributed by atoms with Crippen molar-refractivity contribution in [3.63, 3.8) is 0 Å². The Hall–Kier alpha value is -4.51. The van der Waals surface area contributed by atoms with Crippen LogP contribution in [0.25, 0.3) is 39.8 Å². The van der Waals surface area contributed by atoms with Crippen molar-refractivity contribution in [2.24, 2.45) is 0 Å². The third-order valence-electron chi connectivity index (χ3n) is 5.28. The third-order valence-corrected chi connectivity index (χ3v) is 5.28. The lowest BCUT2D eigenvalue weighted by atomic mass is 10.00. The molecule has 36 heavy (non-hydrogen) atoms. The van der Waals surface area contributed by atoms with Gasteiger partial charge in [-0.1, -0.05) is 17.3 Å². The normalized spacial score (nSPS) is 11.4. The van der Waals surface area contributed by atoms with E-state index < -0.39 is 11.5 Å². The van der Waals surface area contributed by atoms with Crippen molar-refractivity contribution in [1.82, 2.24) is 30.3 Å². The number of aliphatic carboxylic acids is 1. The summed E-state index contributed by atoms with van der Waals surface area (Å²) in [7, 11) is 3.90. The molecule has 4 rings (SSSR count). The van der Waals surface area contributed by atoms with Crippen LogP contribution >= 0.6 is 0 Å². The smallest absolute Gasteiger partial charge is 0.328 e. The fourth-order valence-electron chi connectivity index (χ4n) is 3.55. The zero-order valence-corrected chi connectivity index (χ0v) is 20.1. The van der Waals surface area contributed by atoms with Gasteiger partial charge in [0.25, 0.3) is 5.56 Å². The topological polar surface area (TPSA) is 146 Å². The van der Waals surface area contributed by atoms with Gasteiger partial charge in [-0.15, -0.1) is 5.10 Å². The van der Waals surface area contributed by atoms with Crippen LogP contribution in [0.4, 0.5) is 0 Å². The average Bonchev–Trinajstić information content (AvgIpc) is 3.32. The van der Waals surface area contributed by atoms with Gasteiger partial charge in [0, 0.05) is 18.2 Å². The van der Waals surface area contributed by atoms with E-state index in [9.17, 15) is 9.59 Å². The molecule has 0 saturated carbocycles. The third kappa shape index (κ3) is 5.58. The van der Waals surface area contributed by atoms with Gasteiger partial charge in [0.2, 0.25) is 0 Å². The van der Waals surface area contributed by atoms with E-state index in [0.717, 1.165) is 23.7 Å². The molecular formula is C25H26N6O5. The SMILES string of the molecule is CCOc1cc(-c2ccc(OCCN(C)C)c(/C=C/C(=O)O)c2)ccc1-c1nc2[nH]nnc2c(=O)[nH]1. The summed E-state index contributed by atoms with van der Waals surface area (Å²) in [6.45, 7) is 3.45. The molecule has 2 heterocycles. The fourth-order valence-corrected chi connectivity index (χ4v) is 3.55. The number of nitrogens with one attached hydrogen (secondary N) is 2. The minimum Gasteiger partial charge on any atom is -0.493 e. The van der Waals surface area contributed by atoms with Gasteiger partial charge in [-0.3, -0.25) is 4.79 Å². The number of fused-ring (bicyclic) bond motifs is 1. The standard InChI is InChI=1S/C25H26N6O5/c1-4-35-20-14-16(5-8-18(20)23-26-24-22(25(34)27-23)28-30-29-24)15-6-9-19(36-12-11-31(2)3)17(13-15)7-10-21(32)33/h5-10,13-14H,4,11-12H2,1-3H3,(H,32,33)(H2,26,27,28,29,30,34)/b10-7+. The van der Waals surface area contributed by atoms with Crippen LogP contribution in [0.2, 0.25) is 0 Å². The zero-order valence-electron chi connectivity index (χ0n) is 20.1. The molecule has 0 unspecified atom stereocenters. The number of ether oxygens (including phenoxy) is 2. The van der Waals surface area contributed by atoms with Crippen LogP contribution in [0.1, 0.15) is 12.5 Å². The Labute approximate surface area is 206 Å².